The van der Waals surface area contributed by atoms with Crippen molar-refractivity contribution in [2.45, 2.75) is 69.5 Å². The number of rotatable bonds is 3. The number of aryl methyl sites for hydroxylation is 1. The molecule has 1 saturated heterocycles. The van der Waals surface area contributed by atoms with Crippen LogP contribution in [0, 0.1) is 18.8 Å². The maximum atomic E-state index is 13.1. The second-order valence-electron chi connectivity index (χ2n) is 9.17. The quantitative estimate of drug-likeness (QED) is 0.514. The molecule has 1 aliphatic carbocycles. The zero-order valence-electron chi connectivity index (χ0n) is 18.5. The van der Waals surface area contributed by atoms with Crippen LogP contribution in [0.4, 0.5) is 13.2 Å². The molecule has 0 aromatic carbocycles. The normalized spacial score (nSPS) is 35.1. The number of aliphatic hydroxyl groups excluding tert-OH is 3. The first-order chi connectivity index (χ1) is 15.6. The van der Waals surface area contributed by atoms with Gasteiger partial charge in [-0.2, -0.15) is 13.2 Å². The molecule has 1 saturated carbocycles. The highest BCUT2D eigenvalue weighted by molar-refractivity contribution is 7.09. The van der Waals surface area contributed by atoms with E-state index in [1.54, 1.807) is 0 Å². The average molecular weight is 490 g/mol. The Bertz CT molecular complexity index is 900. The Morgan fingerprint density at radius 2 is 1.94 bits per heavy atom. The van der Waals surface area contributed by atoms with Crippen molar-refractivity contribution in [1.29, 1.82) is 0 Å². The predicted octanol–water partition coefficient (Wildman–Crippen LogP) is 1.66. The Morgan fingerprint density at radius 3 is 2.48 bits per heavy atom. The minimum absolute atomic E-state index is 0.00583. The number of alkyl halides is 3. The highest BCUT2D eigenvalue weighted by Crippen LogP contribution is 2.36. The van der Waals surface area contributed by atoms with Crippen molar-refractivity contribution >= 4 is 23.1 Å². The summed E-state index contributed by atoms with van der Waals surface area (Å²) in [6.45, 7) is 4.01. The van der Waals surface area contributed by atoms with Gasteiger partial charge >= 0.3 is 6.18 Å². The molecule has 0 spiro atoms. The summed E-state index contributed by atoms with van der Waals surface area (Å²) >= 11 is 1.48. The molecule has 4 N–H and O–H groups in total. The van der Waals surface area contributed by atoms with Gasteiger partial charge in [-0.1, -0.05) is 0 Å². The number of likely N-dealkylation sites (tertiary alicyclic amines) is 1. The van der Waals surface area contributed by atoms with Crippen LogP contribution >= 0.6 is 11.3 Å². The Labute approximate surface area is 194 Å². The Hall–Kier alpha value is -1.76. The van der Waals surface area contributed by atoms with E-state index in [0.29, 0.717) is 18.2 Å². The lowest BCUT2D eigenvalue weighted by Gasteiger charge is -2.38. The molecule has 12 heteroatoms. The molecule has 3 heterocycles. The van der Waals surface area contributed by atoms with Gasteiger partial charge in [0, 0.05) is 36.7 Å². The molecule has 4 rings (SSSR count). The SMILES string of the molecule is Cc1csc(C2C(=NC3CC(CO)C(O)C3O)NC(N3CCC(C(F)(F)F)CC3)=NC2C)n1. The van der Waals surface area contributed by atoms with Gasteiger partial charge in [-0.05, 0) is 33.1 Å². The lowest BCUT2D eigenvalue weighted by molar-refractivity contribution is -0.183. The van der Waals surface area contributed by atoms with E-state index >= 15 is 0 Å². The zero-order valence-corrected chi connectivity index (χ0v) is 19.4. The van der Waals surface area contributed by atoms with Gasteiger partial charge in [0.25, 0.3) is 0 Å². The van der Waals surface area contributed by atoms with Crippen molar-refractivity contribution in [2.75, 3.05) is 19.7 Å². The van der Waals surface area contributed by atoms with E-state index in [1.807, 2.05) is 24.1 Å². The van der Waals surface area contributed by atoms with Crippen LogP contribution < -0.4 is 5.32 Å². The number of nitrogens with zero attached hydrogens (tertiary/aromatic N) is 4. The summed E-state index contributed by atoms with van der Waals surface area (Å²) in [6, 6.07) is -0.895. The first kappa shape index (κ1) is 24.4. The first-order valence-corrected chi connectivity index (χ1v) is 12.1. The number of aliphatic imine (C=N–C) groups is 2. The summed E-state index contributed by atoms with van der Waals surface area (Å²) in [7, 11) is 0. The van der Waals surface area contributed by atoms with Crippen LogP contribution in [0.3, 0.4) is 0 Å². The molecule has 6 unspecified atom stereocenters. The molecule has 33 heavy (non-hydrogen) atoms. The monoisotopic (exact) mass is 489 g/mol. The minimum atomic E-state index is -4.19. The van der Waals surface area contributed by atoms with Gasteiger partial charge in [0.05, 0.1) is 30.0 Å². The molecule has 8 nitrogen and oxygen atoms in total. The van der Waals surface area contributed by atoms with Gasteiger partial charge in [-0.15, -0.1) is 11.3 Å². The smallest absolute Gasteiger partial charge is 0.391 e. The lowest BCUT2D eigenvalue weighted by Crippen LogP contribution is -2.54. The molecule has 2 aliphatic heterocycles. The number of aromatic nitrogens is 1. The van der Waals surface area contributed by atoms with Crippen molar-refractivity contribution in [3.05, 3.63) is 16.1 Å². The van der Waals surface area contributed by atoms with E-state index < -0.39 is 36.3 Å². The molecular formula is C21H30F3N5O3S. The lowest BCUT2D eigenvalue weighted by atomic mass is 9.95. The average Bonchev–Trinajstić information content (AvgIpc) is 3.31. The standard InChI is InChI=1S/C21H30F3N5O3S/c1-10-9-33-19(25-10)15-11(2)26-20(29-5-3-13(4-6-29)21(22,23)24)28-18(15)27-14-7-12(8-30)16(31)17(14)32/h9,11-17,30-32H,3-8H2,1-2H3,(H,26,27,28). The number of guanidine groups is 1. The van der Waals surface area contributed by atoms with Crippen molar-refractivity contribution in [3.63, 3.8) is 0 Å². The highest BCUT2D eigenvalue weighted by atomic mass is 32.1. The molecular weight excluding hydrogens is 459 g/mol. The highest BCUT2D eigenvalue weighted by Gasteiger charge is 2.44. The maximum absolute atomic E-state index is 13.1. The summed E-state index contributed by atoms with van der Waals surface area (Å²) < 4.78 is 39.2. The zero-order chi connectivity index (χ0) is 23.9. The maximum Gasteiger partial charge on any atom is 0.391 e. The Balaban J connectivity index is 1.60. The summed E-state index contributed by atoms with van der Waals surface area (Å²) in [4.78, 5) is 15.9. The van der Waals surface area contributed by atoms with E-state index in [4.69, 9.17) is 9.98 Å². The van der Waals surface area contributed by atoms with E-state index in [-0.39, 0.29) is 44.5 Å². The third-order valence-electron chi connectivity index (χ3n) is 6.81. The molecule has 6 atom stereocenters. The van der Waals surface area contributed by atoms with Crippen LogP contribution in [0.15, 0.2) is 15.4 Å². The van der Waals surface area contributed by atoms with E-state index in [0.717, 1.165) is 10.7 Å². The summed E-state index contributed by atoms with van der Waals surface area (Å²) in [5.41, 5.74) is 0.863. The molecule has 2 fully saturated rings. The number of piperidine rings is 1. The van der Waals surface area contributed by atoms with Gasteiger partial charge in [0.15, 0.2) is 5.96 Å². The Kier molecular flexibility index (Phi) is 7.00. The van der Waals surface area contributed by atoms with E-state index in [2.05, 4.69) is 10.3 Å². The molecule has 0 bridgehead atoms. The van der Waals surface area contributed by atoms with Crippen molar-refractivity contribution in [2.24, 2.45) is 21.8 Å². The van der Waals surface area contributed by atoms with Crippen LogP contribution in [-0.4, -0.2) is 87.2 Å². The van der Waals surface area contributed by atoms with Crippen LogP contribution in [-0.2, 0) is 0 Å². The number of aliphatic hydroxyl groups is 3. The van der Waals surface area contributed by atoms with Crippen LogP contribution in [0.1, 0.15) is 42.8 Å². The minimum Gasteiger partial charge on any atom is -0.396 e. The number of nitrogens with one attached hydrogen (secondary N) is 1. The number of hydrogen-bond donors (Lipinski definition) is 4. The van der Waals surface area contributed by atoms with Gasteiger partial charge in [-0.25, -0.2) is 9.98 Å². The summed E-state index contributed by atoms with van der Waals surface area (Å²) in [5.74, 6) is -1.09. The molecule has 184 valence electrons. The van der Waals surface area contributed by atoms with Gasteiger partial charge < -0.3 is 25.5 Å². The third-order valence-corrected chi connectivity index (χ3v) is 7.86. The molecule has 1 aromatic rings. The van der Waals surface area contributed by atoms with E-state index in [9.17, 15) is 28.5 Å². The second kappa shape index (κ2) is 9.47. The first-order valence-electron chi connectivity index (χ1n) is 11.2. The largest absolute Gasteiger partial charge is 0.396 e. The Morgan fingerprint density at radius 1 is 1.24 bits per heavy atom. The topological polar surface area (TPSA) is 114 Å². The van der Waals surface area contributed by atoms with E-state index in [1.165, 1.54) is 11.3 Å². The molecule has 0 amide bonds. The fourth-order valence-corrected chi connectivity index (χ4v) is 5.83. The predicted molar refractivity (Wildman–Crippen MR) is 118 cm³/mol. The molecule has 0 radical (unpaired) electrons. The molecule has 1 aromatic heterocycles. The third kappa shape index (κ3) is 5.03. The number of halogens is 3. The number of hydrogen-bond acceptors (Lipinski definition) is 8. The molecule has 3 aliphatic rings. The van der Waals surface area contributed by atoms with Crippen molar-refractivity contribution in [1.82, 2.24) is 15.2 Å². The van der Waals surface area contributed by atoms with Gasteiger partial charge in [0.1, 0.15) is 16.9 Å². The van der Waals surface area contributed by atoms with Gasteiger partial charge in [-0.3, -0.25) is 4.99 Å². The summed E-state index contributed by atoms with van der Waals surface area (Å²) in [5, 5.41) is 36.1. The van der Waals surface area contributed by atoms with Crippen molar-refractivity contribution < 1.29 is 28.5 Å². The number of amidine groups is 1. The van der Waals surface area contributed by atoms with Crippen LogP contribution in [0.25, 0.3) is 0 Å². The number of thiazole rings is 1. The van der Waals surface area contributed by atoms with Crippen LogP contribution in [0.5, 0.6) is 0 Å². The fourth-order valence-electron chi connectivity index (χ4n) is 4.84. The second-order valence-corrected chi connectivity index (χ2v) is 10.1. The van der Waals surface area contributed by atoms with Crippen LogP contribution in [0.2, 0.25) is 0 Å². The summed E-state index contributed by atoms with van der Waals surface area (Å²) in [6.07, 6.45) is -6.04. The van der Waals surface area contributed by atoms with Crippen molar-refractivity contribution in [3.8, 4) is 0 Å². The van der Waals surface area contributed by atoms with Gasteiger partial charge in [0.2, 0.25) is 0 Å². The fraction of sp³-hybridized carbons (Fsp3) is 0.762.